The number of carbonyl (C=O) groups excluding carboxylic acids is 2. The SMILES string of the molecule is CC(C)CC1NC(=O)CCN(CCS(=O)(=O)C(C)C)C1=O. The number of hydrogen-bond acceptors (Lipinski definition) is 4. The largest absolute Gasteiger partial charge is 0.344 e. The summed E-state index contributed by atoms with van der Waals surface area (Å²) in [5.41, 5.74) is 0. The second kappa shape index (κ2) is 7.24. The number of nitrogens with one attached hydrogen (secondary N) is 1. The predicted molar refractivity (Wildman–Crippen MR) is 81.5 cm³/mol. The molecule has 0 saturated carbocycles. The second-order valence-corrected chi connectivity index (χ2v) is 8.92. The molecule has 21 heavy (non-hydrogen) atoms. The molecule has 2 amide bonds. The minimum absolute atomic E-state index is 0.0566. The van der Waals surface area contributed by atoms with Crippen molar-refractivity contribution in [3.05, 3.63) is 0 Å². The molecular formula is C14H26N2O4S. The van der Waals surface area contributed by atoms with Crippen LogP contribution in [-0.4, -0.2) is 55.3 Å². The molecule has 7 heteroatoms. The van der Waals surface area contributed by atoms with Gasteiger partial charge in [0, 0.05) is 19.5 Å². The van der Waals surface area contributed by atoms with Crippen LogP contribution in [0, 0.1) is 5.92 Å². The maximum Gasteiger partial charge on any atom is 0.245 e. The molecule has 1 fully saturated rings. The number of nitrogens with zero attached hydrogens (tertiary/aromatic N) is 1. The highest BCUT2D eigenvalue weighted by molar-refractivity contribution is 7.92. The van der Waals surface area contributed by atoms with Gasteiger partial charge in [0.1, 0.15) is 6.04 Å². The molecule has 0 radical (unpaired) electrons. The smallest absolute Gasteiger partial charge is 0.245 e. The van der Waals surface area contributed by atoms with Crippen LogP contribution in [0.4, 0.5) is 0 Å². The van der Waals surface area contributed by atoms with E-state index in [1.54, 1.807) is 13.8 Å². The fourth-order valence-electron chi connectivity index (χ4n) is 2.22. The minimum atomic E-state index is -3.19. The lowest BCUT2D eigenvalue weighted by molar-refractivity contribution is -0.133. The van der Waals surface area contributed by atoms with Crippen LogP contribution in [0.3, 0.4) is 0 Å². The first-order chi connectivity index (χ1) is 9.63. The first-order valence-electron chi connectivity index (χ1n) is 7.43. The van der Waals surface area contributed by atoms with Crippen LogP contribution in [0.5, 0.6) is 0 Å². The van der Waals surface area contributed by atoms with E-state index >= 15 is 0 Å². The summed E-state index contributed by atoms with van der Waals surface area (Å²) in [5.74, 6) is -0.103. The molecule has 0 aromatic heterocycles. The van der Waals surface area contributed by atoms with Crippen molar-refractivity contribution in [1.82, 2.24) is 10.2 Å². The van der Waals surface area contributed by atoms with Gasteiger partial charge in [0.2, 0.25) is 11.8 Å². The normalized spacial score (nSPS) is 20.9. The van der Waals surface area contributed by atoms with E-state index < -0.39 is 21.1 Å². The molecule has 0 aliphatic carbocycles. The molecule has 0 bridgehead atoms. The Hall–Kier alpha value is -1.11. The van der Waals surface area contributed by atoms with Gasteiger partial charge in [-0.2, -0.15) is 0 Å². The topological polar surface area (TPSA) is 83.6 Å². The third-order valence-electron chi connectivity index (χ3n) is 3.62. The highest BCUT2D eigenvalue weighted by Crippen LogP contribution is 2.12. The van der Waals surface area contributed by atoms with Crippen LogP contribution >= 0.6 is 0 Å². The number of sulfone groups is 1. The summed E-state index contributed by atoms with van der Waals surface area (Å²) in [6.07, 6.45) is 0.792. The third kappa shape index (κ3) is 5.30. The predicted octanol–water partition coefficient (Wildman–Crippen LogP) is 0.573. The minimum Gasteiger partial charge on any atom is -0.344 e. The van der Waals surface area contributed by atoms with Gasteiger partial charge < -0.3 is 10.2 Å². The van der Waals surface area contributed by atoms with E-state index in [9.17, 15) is 18.0 Å². The van der Waals surface area contributed by atoms with Crippen molar-refractivity contribution in [3.63, 3.8) is 0 Å². The van der Waals surface area contributed by atoms with Crippen molar-refractivity contribution in [1.29, 1.82) is 0 Å². The molecule has 1 unspecified atom stereocenters. The van der Waals surface area contributed by atoms with E-state index in [-0.39, 0.29) is 43.0 Å². The van der Waals surface area contributed by atoms with E-state index in [0.29, 0.717) is 6.42 Å². The summed E-state index contributed by atoms with van der Waals surface area (Å²) >= 11 is 0. The third-order valence-corrected chi connectivity index (χ3v) is 5.81. The maximum atomic E-state index is 12.4. The standard InChI is InChI=1S/C14H26N2O4S/c1-10(2)9-12-14(18)16(6-5-13(17)15-12)7-8-21(19,20)11(3)4/h10-12H,5-9H2,1-4H3,(H,15,17). The summed E-state index contributed by atoms with van der Waals surface area (Å²) in [4.78, 5) is 25.6. The lowest BCUT2D eigenvalue weighted by Gasteiger charge is -2.25. The van der Waals surface area contributed by atoms with Crippen molar-refractivity contribution in [2.75, 3.05) is 18.8 Å². The molecule has 0 aromatic rings. The Bertz CT molecular complexity index is 485. The molecule has 1 atom stereocenters. The molecular weight excluding hydrogens is 292 g/mol. The lowest BCUT2D eigenvalue weighted by Crippen LogP contribution is -2.46. The Balaban J connectivity index is 2.76. The quantitative estimate of drug-likeness (QED) is 0.776. The molecule has 1 saturated heterocycles. The van der Waals surface area contributed by atoms with Crippen LogP contribution in [-0.2, 0) is 19.4 Å². The molecule has 1 aliphatic rings. The fourth-order valence-corrected chi connectivity index (χ4v) is 3.17. The number of rotatable bonds is 6. The molecule has 0 aromatic carbocycles. The van der Waals surface area contributed by atoms with Crippen LogP contribution in [0.2, 0.25) is 0 Å². The molecule has 6 nitrogen and oxygen atoms in total. The van der Waals surface area contributed by atoms with Gasteiger partial charge in [0.25, 0.3) is 0 Å². The first kappa shape index (κ1) is 17.9. The Morgan fingerprint density at radius 3 is 2.38 bits per heavy atom. The lowest BCUT2D eigenvalue weighted by atomic mass is 10.0. The van der Waals surface area contributed by atoms with Gasteiger partial charge in [-0.25, -0.2) is 8.42 Å². The van der Waals surface area contributed by atoms with E-state index in [1.165, 1.54) is 4.90 Å². The van der Waals surface area contributed by atoms with Crippen molar-refractivity contribution in [3.8, 4) is 0 Å². The zero-order valence-corrected chi connectivity index (χ0v) is 14.1. The molecule has 1 N–H and O–H groups in total. The summed E-state index contributed by atoms with van der Waals surface area (Å²) in [6, 6.07) is -0.540. The van der Waals surface area contributed by atoms with Gasteiger partial charge in [-0.1, -0.05) is 13.8 Å². The van der Waals surface area contributed by atoms with Gasteiger partial charge >= 0.3 is 0 Å². The highest BCUT2D eigenvalue weighted by Gasteiger charge is 2.31. The van der Waals surface area contributed by atoms with E-state index in [0.717, 1.165) is 0 Å². The summed E-state index contributed by atoms with van der Waals surface area (Å²) in [7, 11) is -3.19. The van der Waals surface area contributed by atoms with Crippen molar-refractivity contribution < 1.29 is 18.0 Å². The Kier molecular flexibility index (Phi) is 6.19. The van der Waals surface area contributed by atoms with Crippen molar-refractivity contribution in [2.24, 2.45) is 5.92 Å². The zero-order valence-electron chi connectivity index (χ0n) is 13.3. The molecule has 1 heterocycles. The second-order valence-electron chi connectivity index (χ2n) is 6.24. The van der Waals surface area contributed by atoms with E-state index in [1.807, 2.05) is 13.8 Å². The molecule has 122 valence electrons. The summed E-state index contributed by atoms with van der Waals surface area (Å²) < 4.78 is 23.7. The average Bonchev–Trinajstić information content (AvgIpc) is 2.47. The van der Waals surface area contributed by atoms with Gasteiger partial charge in [0.05, 0.1) is 11.0 Å². The Morgan fingerprint density at radius 2 is 1.86 bits per heavy atom. The summed E-state index contributed by atoms with van der Waals surface area (Å²) in [6.45, 7) is 7.67. The molecule has 1 aliphatic heterocycles. The van der Waals surface area contributed by atoms with E-state index in [2.05, 4.69) is 5.32 Å². The van der Waals surface area contributed by atoms with Crippen LogP contribution < -0.4 is 5.32 Å². The maximum absolute atomic E-state index is 12.4. The van der Waals surface area contributed by atoms with Crippen LogP contribution in [0.25, 0.3) is 0 Å². The number of hydrogen-bond donors (Lipinski definition) is 1. The van der Waals surface area contributed by atoms with Gasteiger partial charge in [-0.15, -0.1) is 0 Å². The monoisotopic (exact) mass is 318 g/mol. The van der Waals surface area contributed by atoms with Gasteiger partial charge in [-0.05, 0) is 26.2 Å². The van der Waals surface area contributed by atoms with E-state index in [4.69, 9.17) is 0 Å². The van der Waals surface area contributed by atoms with Crippen molar-refractivity contribution >= 4 is 21.7 Å². The Morgan fingerprint density at radius 1 is 1.24 bits per heavy atom. The average molecular weight is 318 g/mol. The zero-order chi connectivity index (χ0) is 16.2. The number of amides is 2. The van der Waals surface area contributed by atoms with Crippen LogP contribution in [0.15, 0.2) is 0 Å². The summed E-state index contributed by atoms with van der Waals surface area (Å²) in [5, 5.41) is 2.28. The highest BCUT2D eigenvalue weighted by atomic mass is 32.2. The fraction of sp³-hybridized carbons (Fsp3) is 0.857. The van der Waals surface area contributed by atoms with Gasteiger partial charge in [0.15, 0.2) is 9.84 Å². The number of carbonyl (C=O) groups is 2. The molecule has 1 rings (SSSR count). The van der Waals surface area contributed by atoms with Crippen LogP contribution in [0.1, 0.15) is 40.5 Å². The Labute approximate surface area is 127 Å². The molecule has 0 spiro atoms. The van der Waals surface area contributed by atoms with Gasteiger partial charge in [-0.3, -0.25) is 9.59 Å². The van der Waals surface area contributed by atoms with Crippen molar-refractivity contribution in [2.45, 2.75) is 51.8 Å². The first-order valence-corrected chi connectivity index (χ1v) is 9.14.